The van der Waals surface area contributed by atoms with Crippen molar-refractivity contribution in [1.82, 2.24) is 5.32 Å². The van der Waals surface area contributed by atoms with Crippen molar-refractivity contribution in [2.45, 2.75) is 12.8 Å². The van der Waals surface area contributed by atoms with Crippen LogP contribution < -0.4 is 10.1 Å². The van der Waals surface area contributed by atoms with Crippen LogP contribution >= 0.6 is 0 Å². The Morgan fingerprint density at radius 3 is 2.94 bits per heavy atom. The largest absolute Gasteiger partial charge is 0.494 e. The summed E-state index contributed by atoms with van der Waals surface area (Å²) in [6.45, 7) is 1.99. The predicted octanol–water partition coefficient (Wildman–Crippen LogP) is 2.60. The number of benzene rings is 1. The fourth-order valence-corrected chi connectivity index (χ4v) is 1.91. The van der Waals surface area contributed by atoms with Crippen LogP contribution in [0.25, 0.3) is 6.08 Å². The zero-order chi connectivity index (χ0) is 11.4. The highest BCUT2D eigenvalue weighted by Gasteiger charge is 2.06. The maximum Gasteiger partial charge on any atom is 0.165 e. The second-order valence-electron chi connectivity index (χ2n) is 3.98. The molecule has 0 aliphatic carbocycles. The van der Waals surface area contributed by atoms with Crippen LogP contribution in [0.2, 0.25) is 0 Å². The molecule has 1 fully saturated rings. The van der Waals surface area contributed by atoms with E-state index in [2.05, 4.69) is 11.4 Å². The average molecular weight is 221 g/mol. The zero-order valence-corrected chi connectivity index (χ0v) is 9.42. The van der Waals surface area contributed by atoms with Crippen molar-refractivity contribution in [3.05, 3.63) is 35.2 Å². The molecule has 1 heterocycles. The van der Waals surface area contributed by atoms with Crippen molar-refractivity contribution in [3.8, 4) is 5.75 Å². The van der Waals surface area contributed by atoms with Crippen molar-refractivity contribution in [2.75, 3.05) is 20.2 Å². The summed E-state index contributed by atoms with van der Waals surface area (Å²) < 4.78 is 18.3. The molecular formula is C13H16FNO. The van der Waals surface area contributed by atoms with Crippen LogP contribution in [0.4, 0.5) is 4.39 Å². The normalized spacial score (nSPS) is 18.8. The van der Waals surface area contributed by atoms with Gasteiger partial charge in [-0.1, -0.05) is 17.7 Å². The van der Waals surface area contributed by atoms with Gasteiger partial charge in [-0.15, -0.1) is 0 Å². The second kappa shape index (κ2) is 5.12. The zero-order valence-electron chi connectivity index (χ0n) is 9.42. The summed E-state index contributed by atoms with van der Waals surface area (Å²) >= 11 is 0. The minimum atomic E-state index is -0.305. The van der Waals surface area contributed by atoms with Gasteiger partial charge in [0.1, 0.15) is 0 Å². The Morgan fingerprint density at radius 2 is 2.31 bits per heavy atom. The lowest BCUT2D eigenvalue weighted by Crippen LogP contribution is -2.23. The Morgan fingerprint density at radius 1 is 1.44 bits per heavy atom. The van der Waals surface area contributed by atoms with E-state index in [1.807, 2.05) is 6.07 Å². The van der Waals surface area contributed by atoms with Crippen LogP contribution in [0.1, 0.15) is 18.4 Å². The van der Waals surface area contributed by atoms with Gasteiger partial charge in [-0.05, 0) is 37.1 Å². The number of nitrogens with one attached hydrogen (secondary N) is 1. The van der Waals surface area contributed by atoms with Crippen molar-refractivity contribution < 1.29 is 9.13 Å². The molecule has 1 aromatic carbocycles. The lowest BCUT2D eigenvalue weighted by Gasteiger charge is -2.15. The van der Waals surface area contributed by atoms with E-state index in [0.717, 1.165) is 31.5 Å². The van der Waals surface area contributed by atoms with Crippen molar-refractivity contribution in [3.63, 3.8) is 0 Å². The quantitative estimate of drug-likeness (QED) is 0.828. The molecule has 1 N–H and O–H groups in total. The molecule has 2 nitrogen and oxygen atoms in total. The fourth-order valence-electron chi connectivity index (χ4n) is 1.91. The highest BCUT2D eigenvalue weighted by Crippen LogP contribution is 2.20. The summed E-state index contributed by atoms with van der Waals surface area (Å²) in [4.78, 5) is 0. The Kier molecular flexibility index (Phi) is 3.57. The number of piperidine rings is 1. The lowest BCUT2D eigenvalue weighted by atomic mass is 10.0. The molecule has 1 aliphatic rings. The minimum Gasteiger partial charge on any atom is -0.494 e. The molecule has 2 rings (SSSR count). The third-order valence-corrected chi connectivity index (χ3v) is 2.75. The Balaban J connectivity index is 2.17. The molecule has 1 saturated heterocycles. The molecule has 3 heteroatoms. The fraction of sp³-hybridized carbons (Fsp3) is 0.385. The van der Waals surface area contributed by atoms with Crippen molar-refractivity contribution in [2.24, 2.45) is 0 Å². The van der Waals surface area contributed by atoms with Crippen LogP contribution in [0.15, 0.2) is 23.8 Å². The Labute approximate surface area is 95.1 Å². The first-order valence-corrected chi connectivity index (χ1v) is 5.53. The third-order valence-electron chi connectivity index (χ3n) is 2.75. The van der Waals surface area contributed by atoms with E-state index in [1.165, 1.54) is 18.7 Å². The number of hydrogen-bond donors (Lipinski definition) is 1. The van der Waals surface area contributed by atoms with Crippen molar-refractivity contribution >= 4 is 6.08 Å². The maximum absolute atomic E-state index is 13.4. The Bertz CT molecular complexity index is 393. The molecule has 0 saturated carbocycles. The van der Waals surface area contributed by atoms with E-state index in [9.17, 15) is 4.39 Å². The van der Waals surface area contributed by atoms with Gasteiger partial charge in [-0.25, -0.2) is 4.39 Å². The van der Waals surface area contributed by atoms with Gasteiger partial charge in [0.25, 0.3) is 0 Å². The maximum atomic E-state index is 13.4. The first-order chi connectivity index (χ1) is 7.79. The lowest BCUT2D eigenvalue weighted by molar-refractivity contribution is 0.386. The molecule has 0 spiro atoms. The minimum absolute atomic E-state index is 0.295. The van der Waals surface area contributed by atoms with Gasteiger partial charge < -0.3 is 10.1 Å². The van der Waals surface area contributed by atoms with Gasteiger partial charge in [-0.3, -0.25) is 0 Å². The molecule has 0 aromatic heterocycles. The highest BCUT2D eigenvalue weighted by molar-refractivity contribution is 5.54. The summed E-state index contributed by atoms with van der Waals surface area (Å²) in [7, 11) is 1.47. The summed E-state index contributed by atoms with van der Waals surface area (Å²) in [6.07, 6.45) is 4.31. The van der Waals surface area contributed by atoms with E-state index in [0.29, 0.717) is 5.75 Å². The predicted molar refractivity (Wildman–Crippen MR) is 63.0 cm³/mol. The molecule has 0 amide bonds. The highest BCUT2D eigenvalue weighted by atomic mass is 19.1. The average Bonchev–Trinajstić information content (AvgIpc) is 2.31. The summed E-state index contributed by atoms with van der Waals surface area (Å²) in [6, 6.07) is 5.06. The van der Waals surface area contributed by atoms with E-state index in [4.69, 9.17) is 4.74 Å². The first-order valence-electron chi connectivity index (χ1n) is 5.53. The van der Waals surface area contributed by atoms with Crippen LogP contribution in [-0.4, -0.2) is 20.2 Å². The van der Waals surface area contributed by atoms with Gasteiger partial charge in [0, 0.05) is 6.54 Å². The topological polar surface area (TPSA) is 21.3 Å². The molecule has 86 valence electrons. The van der Waals surface area contributed by atoms with Crippen LogP contribution in [0.5, 0.6) is 5.75 Å². The number of hydrogen-bond acceptors (Lipinski definition) is 2. The van der Waals surface area contributed by atoms with Crippen LogP contribution in [0.3, 0.4) is 0 Å². The van der Waals surface area contributed by atoms with Crippen LogP contribution in [-0.2, 0) is 0 Å². The van der Waals surface area contributed by atoms with Crippen molar-refractivity contribution in [1.29, 1.82) is 0 Å². The molecule has 0 unspecified atom stereocenters. The summed E-state index contributed by atoms with van der Waals surface area (Å²) in [5.41, 5.74) is 2.23. The van der Waals surface area contributed by atoms with Gasteiger partial charge in [-0.2, -0.15) is 0 Å². The summed E-state index contributed by atoms with van der Waals surface area (Å²) in [5, 5.41) is 3.31. The summed E-state index contributed by atoms with van der Waals surface area (Å²) in [5.74, 6) is -0.00969. The standard InChI is InChI=1S/C13H16FNO/c1-16-13-5-4-10(8-12(13)14)7-11-3-2-6-15-9-11/h4-5,7-8,15H,2-3,6,9H2,1H3. The molecule has 0 atom stereocenters. The molecule has 0 bridgehead atoms. The number of rotatable bonds is 2. The SMILES string of the molecule is COc1ccc(C=C2CCCNC2)cc1F. The van der Waals surface area contributed by atoms with Gasteiger partial charge in [0.05, 0.1) is 7.11 Å². The van der Waals surface area contributed by atoms with E-state index >= 15 is 0 Å². The van der Waals surface area contributed by atoms with Gasteiger partial charge in [0.2, 0.25) is 0 Å². The molecule has 0 radical (unpaired) electrons. The third kappa shape index (κ3) is 2.61. The van der Waals surface area contributed by atoms with E-state index in [1.54, 1.807) is 6.07 Å². The van der Waals surface area contributed by atoms with Gasteiger partial charge in [0.15, 0.2) is 11.6 Å². The number of ether oxygens (including phenoxy) is 1. The number of halogens is 1. The smallest absolute Gasteiger partial charge is 0.165 e. The van der Waals surface area contributed by atoms with Gasteiger partial charge >= 0.3 is 0 Å². The van der Waals surface area contributed by atoms with Crippen LogP contribution in [0, 0.1) is 5.82 Å². The first kappa shape index (κ1) is 11.1. The van der Waals surface area contributed by atoms with E-state index in [-0.39, 0.29) is 5.82 Å². The monoisotopic (exact) mass is 221 g/mol. The number of methoxy groups -OCH3 is 1. The Hall–Kier alpha value is -1.35. The second-order valence-corrected chi connectivity index (χ2v) is 3.98. The molecular weight excluding hydrogens is 205 g/mol. The molecule has 1 aliphatic heterocycles. The molecule has 1 aromatic rings. The van der Waals surface area contributed by atoms with E-state index < -0.39 is 0 Å². The molecule has 16 heavy (non-hydrogen) atoms.